The summed E-state index contributed by atoms with van der Waals surface area (Å²) >= 11 is 0. The van der Waals surface area contributed by atoms with Gasteiger partial charge in [0.2, 0.25) is 7.37 Å². The lowest BCUT2D eigenvalue weighted by molar-refractivity contribution is -0.137. The zero-order chi connectivity index (χ0) is 16.9. The molecule has 0 amide bonds. The summed E-state index contributed by atoms with van der Waals surface area (Å²) in [7, 11) is -3.54. The fourth-order valence-corrected chi connectivity index (χ4v) is 5.37. The second kappa shape index (κ2) is 8.09. The number of carbonyl (C=O) groups is 1. The predicted octanol–water partition coefficient (Wildman–Crippen LogP) is 2.64. The average Bonchev–Trinajstić information content (AvgIpc) is 2.50. The zero-order valence-electron chi connectivity index (χ0n) is 13.4. The minimum atomic E-state index is -3.54. The van der Waals surface area contributed by atoms with Crippen molar-refractivity contribution in [1.82, 2.24) is 0 Å². The van der Waals surface area contributed by atoms with E-state index < -0.39 is 19.0 Å². The molecule has 1 fully saturated rings. The number of unbranched alkanes of at least 4 members (excludes halogenated alkanes) is 1. The number of nitrogens with two attached hydrogens (primary N) is 1. The standard InChI is InChI=1S/C17H26NO4P/c18-9-4-3-6-14-5-1-2-7-15(14)11-13-8-10-23(21,22)16(12-13)17(19)20/h1-2,5,7,13,16H,3-4,6,8-12,18H2,(H,19,20)(H,21,22). The van der Waals surface area contributed by atoms with Crippen LogP contribution in [0.2, 0.25) is 0 Å². The number of hydrogen-bond acceptors (Lipinski definition) is 3. The molecule has 23 heavy (non-hydrogen) atoms. The second-order valence-electron chi connectivity index (χ2n) is 6.44. The van der Waals surface area contributed by atoms with Crippen LogP contribution < -0.4 is 5.73 Å². The van der Waals surface area contributed by atoms with Gasteiger partial charge in [0.15, 0.2) is 0 Å². The molecule has 3 atom stereocenters. The Kier molecular flexibility index (Phi) is 6.40. The Morgan fingerprint density at radius 2 is 1.96 bits per heavy atom. The van der Waals surface area contributed by atoms with Crippen molar-refractivity contribution in [3.63, 3.8) is 0 Å². The lowest BCUT2D eigenvalue weighted by Crippen LogP contribution is -2.30. The van der Waals surface area contributed by atoms with Crippen molar-refractivity contribution in [2.45, 2.75) is 44.2 Å². The minimum Gasteiger partial charge on any atom is -0.481 e. The number of aliphatic carboxylic acids is 1. The molecule has 128 valence electrons. The minimum absolute atomic E-state index is 0.115. The van der Waals surface area contributed by atoms with Gasteiger partial charge in [0.05, 0.1) is 0 Å². The van der Waals surface area contributed by atoms with Gasteiger partial charge in [-0.15, -0.1) is 0 Å². The van der Waals surface area contributed by atoms with Crippen LogP contribution in [0.1, 0.15) is 36.8 Å². The predicted molar refractivity (Wildman–Crippen MR) is 91.0 cm³/mol. The molecule has 0 aliphatic carbocycles. The quantitative estimate of drug-likeness (QED) is 0.524. The number of carboxylic acid groups (broad SMARTS) is 1. The van der Waals surface area contributed by atoms with Gasteiger partial charge in [0, 0.05) is 6.16 Å². The summed E-state index contributed by atoms with van der Waals surface area (Å²) in [6, 6.07) is 8.21. The van der Waals surface area contributed by atoms with Crippen molar-refractivity contribution in [3.05, 3.63) is 35.4 Å². The topological polar surface area (TPSA) is 101 Å². The van der Waals surface area contributed by atoms with Gasteiger partial charge in [-0.2, -0.15) is 0 Å². The summed E-state index contributed by atoms with van der Waals surface area (Å²) in [6.07, 6.45) is 4.82. The van der Waals surface area contributed by atoms with E-state index in [1.54, 1.807) is 0 Å². The Hall–Kier alpha value is -1.16. The van der Waals surface area contributed by atoms with Gasteiger partial charge in [-0.1, -0.05) is 24.3 Å². The van der Waals surface area contributed by atoms with E-state index in [1.807, 2.05) is 12.1 Å². The van der Waals surface area contributed by atoms with E-state index in [0.29, 0.717) is 19.4 Å². The summed E-state index contributed by atoms with van der Waals surface area (Å²) in [5, 5.41) is 9.21. The maximum atomic E-state index is 12.0. The van der Waals surface area contributed by atoms with Crippen LogP contribution in [0.25, 0.3) is 0 Å². The first-order valence-electron chi connectivity index (χ1n) is 8.25. The number of aryl methyl sites for hydroxylation is 1. The van der Waals surface area contributed by atoms with Crippen LogP contribution in [0.4, 0.5) is 0 Å². The summed E-state index contributed by atoms with van der Waals surface area (Å²) in [5.74, 6) is -0.988. The van der Waals surface area contributed by atoms with E-state index in [-0.39, 0.29) is 12.1 Å². The van der Waals surface area contributed by atoms with Gasteiger partial charge < -0.3 is 15.7 Å². The molecule has 1 aromatic rings. The third-order valence-corrected chi connectivity index (χ3v) is 7.02. The molecule has 0 aromatic heterocycles. The third kappa shape index (κ3) is 4.90. The first kappa shape index (κ1) is 18.2. The second-order valence-corrected chi connectivity index (χ2v) is 9.02. The normalized spacial score (nSPS) is 27.7. The van der Waals surface area contributed by atoms with Crippen molar-refractivity contribution in [2.75, 3.05) is 12.7 Å². The van der Waals surface area contributed by atoms with Gasteiger partial charge in [0.1, 0.15) is 5.66 Å². The van der Waals surface area contributed by atoms with Crippen LogP contribution in [-0.4, -0.2) is 34.3 Å². The van der Waals surface area contributed by atoms with Crippen LogP contribution in [-0.2, 0) is 22.2 Å². The highest BCUT2D eigenvalue weighted by Gasteiger charge is 2.42. The summed E-state index contributed by atoms with van der Waals surface area (Å²) in [6.45, 7) is 0.691. The van der Waals surface area contributed by atoms with Crippen LogP contribution in [0.5, 0.6) is 0 Å². The number of carboxylic acids is 1. The number of rotatable bonds is 7. The summed E-state index contributed by atoms with van der Waals surface area (Å²) in [5.41, 5.74) is 6.95. The van der Waals surface area contributed by atoms with Gasteiger partial charge in [-0.25, -0.2) is 0 Å². The van der Waals surface area contributed by atoms with Gasteiger partial charge in [-0.3, -0.25) is 9.36 Å². The molecular weight excluding hydrogens is 313 g/mol. The van der Waals surface area contributed by atoms with Gasteiger partial charge in [-0.05, 0) is 62.1 Å². The fraction of sp³-hybridized carbons (Fsp3) is 0.588. The van der Waals surface area contributed by atoms with E-state index in [0.717, 1.165) is 25.7 Å². The largest absolute Gasteiger partial charge is 0.481 e. The van der Waals surface area contributed by atoms with E-state index in [9.17, 15) is 19.4 Å². The lowest BCUT2D eigenvalue weighted by atomic mass is 9.88. The molecule has 1 aliphatic rings. The number of hydrogen-bond donors (Lipinski definition) is 3. The molecule has 0 radical (unpaired) electrons. The van der Waals surface area contributed by atoms with E-state index in [4.69, 9.17) is 5.73 Å². The average molecular weight is 339 g/mol. The van der Waals surface area contributed by atoms with Crippen molar-refractivity contribution < 1.29 is 19.4 Å². The molecule has 3 unspecified atom stereocenters. The maximum absolute atomic E-state index is 12.0. The van der Waals surface area contributed by atoms with Crippen molar-refractivity contribution >= 4 is 13.3 Å². The highest BCUT2D eigenvalue weighted by Crippen LogP contribution is 2.54. The monoisotopic (exact) mass is 339 g/mol. The molecule has 1 aliphatic heterocycles. The summed E-state index contributed by atoms with van der Waals surface area (Å²) < 4.78 is 12.0. The maximum Gasteiger partial charge on any atom is 0.316 e. The Morgan fingerprint density at radius 3 is 2.61 bits per heavy atom. The smallest absolute Gasteiger partial charge is 0.316 e. The van der Waals surface area contributed by atoms with E-state index >= 15 is 0 Å². The Bertz CT molecular complexity index is 590. The fourth-order valence-electron chi connectivity index (χ4n) is 3.35. The van der Waals surface area contributed by atoms with E-state index in [1.165, 1.54) is 11.1 Å². The van der Waals surface area contributed by atoms with Crippen LogP contribution in [0, 0.1) is 5.92 Å². The van der Waals surface area contributed by atoms with Crippen molar-refractivity contribution in [2.24, 2.45) is 11.7 Å². The molecule has 5 nitrogen and oxygen atoms in total. The molecule has 0 bridgehead atoms. The molecule has 1 saturated heterocycles. The van der Waals surface area contributed by atoms with Crippen molar-refractivity contribution in [3.8, 4) is 0 Å². The first-order valence-corrected chi connectivity index (χ1v) is 10.2. The van der Waals surface area contributed by atoms with E-state index in [2.05, 4.69) is 12.1 Å². The molecule has 1 heterocycles. The Morgan fingerprint density at radius 1 is 1.26 bits per heavy atom. The molecule has 0 saturated carbocycles. The molecular formula is C17H26NO4P. The SMILES string of the molecule is NCCCCc1ccccc1CC1CCP(=O)(O)C(C(=O)O)C1. The molecule has 1 aromatic carbocycles. The zero-order valence-corrected chi connectivity index (χ0v) is 14.3. The number of benzene rings is 1. The molecule has 4 N–H and O–H groups in total. The third-order valence-electron chi connectivity index (χ3n) is 4.71. The first-order chi connectivity index (χ1) is 10.9. The molecule has 2 rings (SSSR count). The Balaban J connectivity index is 2.05. The van der Waals surface area contributed by atoms with Crippen LogP contribution in [0.15, 0.2) is 24.3 Å². The Labute approximate surface area is 137 Å². The molecule has 0 spiro atoms. The highest BCUT2D eigenvalue weighted by atomic mass is 31.2. The van der Waals surface area contributed by atoms with Crippen molar-refractivity contribution in [1.29, 1.82) is 0 Å². The van der Waals surface area contributed by atoms with Gasteiger partial charge in [0.25, 0.3) is 0 Å². The van der Waals surface area contributed by atoms with Crippen LogP contribution >= 0.6 is 7.37 Å². The van der Waals surface area contributed by atoms with Gasteiger partial charge >= 0.3 is 5.97 Å². The lowest BCUT2D eigenvalue weighted by Gasteiger charge is -2.31. The molecule has 6 heteroatoms. The summed E-state index contributed by atoms with van der Waals surface area (Å²) in [4.78, 5) is 21.1. The van der Waals surface area contributed by atoms with Crippen LogP contribution in [0.3, 0.4) is 0 Å². The highest BCUT2D eigenvalue weighted by molar-refractivity contribution is 7.59.